The number of hydrogen-bond acceptors (Lipinski definition) is 3. The number of carboxylic acid groups (broad SMARTS) is 1. The summed E-state index contributed by atoms with van der Waals surface area (Å²) in [6.07, 6.45) is 5.01. The van der Waals surface area contributed by atoms with Crippen LogP contribution < -0.4 is 0 Å². The van der Waals surface area contributed by atoms with Gasteiger partial charge in [-0.2, -0.15) is 5.10 Å². The lowest BCUT2D eigenvalue weighted by atomic mass is 9.85. The van der Waals surface area contributed by atoms with Gasteiger partial charge in [-0.05, 0) is 37.8 Å². The van der Waals surface area contributed by atoms with Crippen LogP contribution in [0.5, 0.6) is 0 Å². The Morgan fingerprint density at radius 2 is 2.16 bits per heavy atom. The minimum Gasteiger partial charge on any atom is -0.478 e. The van der Waals surface area contributed by atoms with E-state index in [1.807, 2.05) is 7.05 Å². The quantitative estimate of drug-likeness (QED) is 0.909. The zero-order valence-corrected chi connectivity index (χ0v) is 12.0. The number of nitrogens with zero attached hydrogens (tertiary/aromatic N) is 3. The monoisotopic (exact) mass is 265 g/mol. The fourth-order valence-corrected chi connectivity index (χ4v) is 2.68. The number of aromatic carboxylic acids is 1. The molecule has 2 heterocycles. The normalized spacial score (nSPS) is 20.2. The van der Waals surface area contributed by atoms with Gasteiger partial charge in [-0.3, -0.25) is 9.58 Å². The Morgan fingerprint density at radius 1 is 1.42 bits per heavy atom. The topological polar surface area (TPSA) is 58.4 Å². The van der Waals surface area contributed by atoms with E-state index >= 15 is 0 Å². The summed E-state index contributed by atoms with van der Waals surface area (Å²) in [6.45, 7) is 7.35. The first-order valence-corrected chi connectivity index (χ1v) is 6.85. The first kappa shape index (κ1) is 14.1. The Morgan fingerprint density at radius 3 is 2.84 bits per heavy atom. The van der Waals surface area contributed by atoms with Gasteiger partial charge in [-0.25, -0.2) is 4.79 Å². The minimum absolute atomic E-state index is 0.325. The van der Waals surface area contributed by atoms with E-state index in [9.17, 15) is 9.90 Å². The van der Waals surface area contributed by atoms with Crippen molar-refractivity contribution in [2.45, 2.75) is 39.7 Å². The van der Waals surface area contributed by atoms with Crippen molar-refractivity contribution in [3.8, 4) is 0 Å². The van der Waals surface area contributed by atoms with E-state index in [4.69, 9.17) is 0 Å². The van der Waals surface area contributed by atoms with Crippen LogP contribution in [0.3, 0.4) is 0 Å². The number of likely N-dealkylation sites (tertiary alicyclic amines) is 1. The van der Waals surface area contributed by atoms with Crippen molar-refractivity contribution in [2.24, 2.45) is 12.5 Å². The summed E-state index contributed by atoms with van der Waals surface area (Å²) in [6, 6.07) is 0. The number of hydrogen-bond donors (Lipinski definition) is 1. The molecule has 1 aliphatic rings. The van der Waals surface area contributed by atoms with Crippen molar-refractivity contribution in [2.75, 3.05) is 13.1 Å². The average molecular weight is 265 g/mol. The third-order valence-electron chi connectivity index (χ3n) is 4.10. The molecular weight excluding hydrogens is 242 g/mol. The van der Waals surface area contributed by atoms with Gasteiger partial charge in [0.15, 0.2) is 0 Å². The SMILES string of the molecule is Cn1ncc(C(=O)O)c1CN1CCCC(C)(C)CC1. The van der Waals surface area contributed by atoms with E-state index in [2.05, 4.69) is 23.8 Å². The van der Waals surface area contributed by atoms with E-state index in [-0.39, 0.29) is 0 Å². The number of carboxylic acids is 1. The van der Waals surface area contributed by atoms with Crippen LogP contribution in [0.2, 0.25) is 0 Å². The smallest absolute Gasteiger partial charge is 0.339 e. The Labute approximate surface area is 114 Å². The van der Waals surface area contributed by atoms with E-state index in [0.29, 0.717) is 17.5 Å². The maximum absolute atomic E-state index is 11.2. The summed E-state index contributed by atoms with van der Waals surface area (Å²) >= 11 is 0. The number of rotatable bonds is 3. The predicted molar refractivity (Wildman–Crippen MR) is 73.1 cm³/mol. The van der Waals surface area contributed by atoms with Crippen LogP contribution in [0, 0.1) is 5.41 Å². The zero-order valence-electron chi connectivity index (χ0n) is 12.0. The summed E-state index contributed by atoms with van der Waals surface area (Å²) in [5, 5.41) is 13.2. The summed E-state index contributed by atoms with van der Waals surface area (Å²) in [5.74, 6) is -0.891. The summed E-state index contributed by atoms with van der Waals surface area (Å²) in [7, 11) is 1.81. The highest BCUT2D eigenvalue weighted by atomic mass is 16.4. The molecule has 0 amide bonds. The standard InChI is InChI=1S/C14H23N3O2/c1-14(2)5-4-7-17(8-6-14)10-12-11(13(18)19)9-15-16(12)3/h9H,4-8,10H2,1-3H3,(H,18,19). The van der Waals surface area contributed by atoms with Crippen molar-refractivity contribution in [1.29, 1.82) is 0 Å². The lowest BCUT2D eigenvalue weighted by Crippen LogP contribution is -2.27. The summed E-state index contributed by atoms with van der Waals surface area (Å²) in [4.78, 5) is 13.5. The third kappa shape index (κ3) is 3.35. The molecule has 0 aliphatic carbocycles. The van der Waals surface area contributed by atoms with Crippen LogP contribution in [-0.4, -0.2) is 38.8 Å². The Kier molecular flexibility index (Phi) is 3.94. The molecule has 1 fully saturated rings. The molecule has 0 unspecified atom stereocenters. The number of carbonyl (C=O) groups is 1. The zero-order chi connectivity index (χ0) is 14.0. The Balaban J connectivity index is 2.09. The fraction of sp³-hybridized carbons (Fsp3) is 0.714. The second-order valence-electron chi connectivity index (χ2n) is 6.23. The largest absolute Gasteiger partial charge is 0.478 e. The van der Waals surface area contributed by atoms with E-state index in [0.717, 1.165) is 25.2 Å². The molecule has 5 heteroatoms. The second kappa shape index (κ2) is 5.33. The fourth-order valence-electron chi connectivity index (χ4n) is 2.68. The van der Waals surface area contributed by atoms with Crippen molar-refractivity contribution in [1.82, 2.24) is 14.7 Å². The molecule has 1 aromatic rings. The van der Waals surface area contributed by atoms with Gasteiger partial charge in [0.05, 0.1) is 11.9 Å². The maximum Gasteiger partial charge on any atom is 0.339 e. The molecule has 0 saturated carbocycles. The van der Waals surface area contributed by atoms with Crippen LogP contribution >= 0.6 is 0 Å². The van der Waals surface area contributed by atoms with Gasteiger partial charge in [0, 0.05) is 13.6 Å². The van der Waals surface area contributed by atoms with Crippen LogP contribution in [0.25, 0.3) is 0 Å². The summed E-state index contributed by atoms with van der Waals surface area (Å²) in [5.41, 5.74) is 1.52. The highest BCUT2D eigenvalue weighted by Crippen LogP contribution is 2.30. The lowest BCUT2D eigenvalue weighted by molar-refractivity contribution is 0.0694. The van der Waals surface area contributed by atoms with Crippen molar-refractivity contribution >= 4 is 5.97 Å². The molecule has 1 aromatic heterocycles. The Hall–Kier alpha value is -1.36. The molecule has 1 aliphatic heterocycles. The molecule has 0 spiro atoms. The first-order valence-electron chi connectivity index (χ1n) is 6.85. The predicted octanol–water partition coefficient (Wildman–Crippen LogP) is 2.13. The van der Waals surface area contributed by atoms with Crippen LogP contribution in [0.1, 0.15) is 49.2 Å². The minimum atomic E-state index is -0.891. The first-order chi connectivity index (χ1) is 8.89. The maximum atomic E-state index is 11.2. The molecule has 106 valence electrons. The Bertz CT molecular complexity index is 465. The molecule has 5 nitrogen and oxygen atoms in total. The molecule has 1 N–H and O–H groups in total. The lowest BCUT2D eigenvalue weighted by Gasteiger charge is -2.23. The van der Waals surface area contributed by atoms with E-state index in [1.54, 1.807) is 4.68 Å². The molecule has 0 aromatic carbocycles. The van der Waals surface area contributed by atoms with E-state index in [1.165, 1.54) is 19.0 Å². The van der Waals surface area contributed by atoms with Gasteiger partial charge in [0.2, 0.25) is 0 Å². The highest BCUT2D eigenvalue weighted by Gasteiger charge is 2.24. The molecular formula is C14H23N3O2. The van der Waals surface area contributed by atoms with Crippen molar-refractivity contribution in [3.63, 3.8) is 0 Å². The van der Waals surface area contributed by atoms with Crippen molar-refractivity contribution in [3.05, 3.63) is 17.5 Å². The average Bonchev–Trinajstić information content (AvgIpc) is 2.58. The van der Waals surface area contributed by atoms with Gasteiger partial charge in [-0.15, -0.1) is 0 Å². The van der Waals surface area contributed by atoms with Crippen molar-refractivity contribution < 1.29 is 9.90 Å². The van der Waals surface area contributed by atoms with Crippen LogP contribution in [0.4, 0.5) is 0 Å². The van der Waals surface area contributed by atoms with Gasteiger partial charge in [0.1, 0.15) is 5.56 Å². The molecule has 0 radical (unpaired) electrons. The number of aryl methyl sites for hydroxylation is 1. The van der Waals surface area contributed by atoms with Crippen LogP contribution in [0.15, 0.2) is 6.20 Å². The van der Waals surface area contributed by atoms with Gasteiger partial charge in [-0.1, -0.05) is 13.8 Å². The molecule has 0 atom stereocenters. The van der Waals surface area contributed by atoms with Gasteiger partial charge >= 0.3 is 5.97 Å². The second-order valence-corrected chi connectivity index (χ2v) is 6.23. The number of aromatic nitrogens is 2. The summed E-state index contributed by atoms with van der Waals surface area (Å²) < 4.78 is 1.68. The molecule has 0 bridgehead atoms. The molecule has 19 heavy (non-hydrogen) atoms. The van der Waals surface area contributed by atoms with Crippen LogP contribution in [-0.2, 0) is 13.6 Å². The molecule has 2 rings (SSSR count). The van der Waals surface area contributed by atoms with Gasteiger partial charge < -0.3 is 5.11 Å². The van der Waals surface area contributed by atoms with E-state index < -0.39 is 5.97 Å². The van der Waals surface area contributed by atoms with Gasteiger partial charge in [0.25, 0.3) is 0 Å². The third-order valence-corrected chi connectivity index (χ3v) is 4.10. The highest BCUT2D eigenvalue weighted by molar-refractivity contribution is 5.88. The molecule has 1 saturated heterocycles.